The first kappa shape index (κ1) is 15.3. The molecule has 2 fully saturated rings. The summed E-state index contributed by atoms with van der Waals surface area (Å²) in [5.41, 5.74) is 0.920. The van der Waals surface area contributed by atoms with Crippen molar-refractivity contribution < 1.29 is 24.1 Å². The van der Waals surface area contributed by atoms with Crippen molar-refractivity contribution in [3.8, 4) is 0 Å². The van der Waals surface area contributed by atoms with Gasteiger partial charge in [0.05, 0.1) is 12.1 Å². The Morgan fingerprint density at radius 3 is 2.73 bits per heavy atom. The lowest BCUT2D eigenvalue weighted by atomic mass is 10.2. The van der Waals surface area contributed by atoms with Crippen LogP contribution in [0.5, 0.6) is 0 Å². The lowest BCUT2D eigenvalue weighted by Gasteiger charge is -2.22. The van der Waals surface area contributed by atoms with Crippen LogP contribution in [0, 0.1) is 0 Å². The summed E-state index contributed by atoms with van der Waals surface area (Å²) in [5, 5.41) is 12.8. The maximum atomic E-state index is 11.9. The molecule has 1 heterocycles. The fourth-order valence-corrected chi connectivity index (χ4v) is 3.01. The standard InChI is InChI=1S/C16H21NO5/c1-16(2)21-13-11(8-12(18)14(13)22-16)17-15(19)20-9-10-6-4-3-5-7-10/h3-7,11-14,18H,8-9H2,1-2H3,(H,17,19)/t11-,12?,13?,14?/m1/s1. The van der Waals surface area contributed by atoms with Crippen LogP contribution in [-0.4, -0.2) is 41.3 Å². The van der Waals surface area contributed by atoms with Gasteiger partial charge in [-0.1, -0.05) is 30.3 Å². The van der Waals surface area contributed by atoms with Gasteiger partial charge in [-0.2, -0.15) is 0 Å². The second-order valence-electron chi connectivity index (χ2n) is 6.18. The highest BCUT2D eigenvalue weighted by Crippen LogP contribution is 2.38. The van der Waals surface area contributed by atoms with Crippen molar-refractivity contribution in [2.45, 2.75) is 57.0 Å². The van der Waals surface area contributed by atoms with Gasteiger partial charge in [-0.05, 0) is 25.8 Å². The number of aliphatic hydroxyl groups excluding tert-OH is 1. The number of alkyl carbamates (subject to hydrolysis) is 1. The molecule has 2 N–H and O–H groups in total. The maximum absolute atomic E-state index is 11.9. The van der Waals surface area contributed by atoms with Crippen LogP contribution in [0.2, 0.25) is 0 Å². The molecular formula is C16H21NO5. The molecule has 0 aromatic heterocycles. The summed E-state index contributed by atoms with van der Waals surface area (Å²) in [6, 6.07) is 9.15. The molecule has 22 heavy (non-hydrogen) atoms. The highest BCUT2D eigenvalue weighted by Gasteiger charge is 2.54. The molecule has 0 bridgehead atoms. The molecule has 4 atom stereocenters. The van der Waals surface area contributed by atoms with Crippen molar-refractivity contribution in [3.05, 3.63) is 35.9 Å². The van der Waals surface area contributed by atoms with Crippen molar-refractivity contribution in [1.82, 2.24) is 5.32 Å². The van der Waals surface area contributed by atoms with E-state index in [2.05, 4.69) is 5.32 Å². The molecule has 1 aromatic rings. The predicted octanol–water partition coefficient (Wildman–Crippen LogP) is 1.57. The van der Waals surface area contributed by atoms with Crippen LogP contribution in [-0.2, 0) is 20.8 Å². The third-order valence-corrected chi connectivity index (χ3v) is 3.95. The Morgan fingerprint density at radius 1 is 1.32 bits per heavy atom. The molecule has 2 aliphatic rings. The van der Waals surface area contributed by atoms with E-state index in [0.717, 1.165) is 5.56 Å². The van der Waals surface area contributed by atoms with Crippen molar-refractivity contribution in [1.29, 1.82) is 0 Å². The van der Waals surface area contributed by atoms with Gasteiger partial charge in [0.1, 0.15) is 18.8 Å². The van der Waals surface area contributed by atoms with Crippen molar-refractivity contribution >= 4 is 6.09 Å². The van der Waals surface area contributed by atoms with Gasteiger partial charge in [0.25, 0.3) is 0 Å². The quantitative estimate of drug-likeness (QED) is 0.886. The van der Waals surface area contributed by atoms with Crippen molar-refractivity contribution in [2.24, 2.45) is 0 Å². The minimum absolute atomic E-state index is 0.207. The topological polar surface area (TPSA) is 77.0 Å². The first-order valence-electron chi connectivity index (χ1n) is 7.45. The number of nitrogens with one attached hydrogen (secondary N) is 1. The minimum atomic E-state index is -0.745. The number of hydrogen-bond donors (Lipinski definition) is 2. The van der Waals surface area contributed by atoms with Crippen LogP contribution in [0.1, 0.15) is 25.8 Å². The zero-order valence-corrected chi connectivity index (χ0v) is 12.7. The van der Waals surface area contributed by atoms with Crippen LogP contribution in [0.15, 0.2) is 30.3 Å². The number of carbonyl (C=O) groups is 1. The summed E-state index contributed by atoms with van der Waals surface area (Å²) in [7, 11) is 0. The Bertz CT molecular complexity index is 533. The summed E-state index contributed by atoms with van der Waals surface area (Å²) >= 11 is 0. The number of fused-ring (bicyclic) bond motifs is 1. The molecule has 1 aromatic carbocycles. The molecule has 0 spiro atoms. The Kier molecular flexibility index (Phi) is 4.08. The van der Waals surface area contributed by atoms with Crippen LogP contribution in [0.3, 0.4) is 0 Å². The van der Waals surface area contributed by atoms with E-state index in [-0.39, 0.29) is 18.8 Å². The Morgan fingerprint density at radius 2 is 2.00 bits per heavy atom. The highest BCUT2D eigenvalue weighted by molar-refractivity contribution is 5.67. The Labute approximate surface area is 129 Å². The fourth-order valence-electron chi connectivity index (χ4n) is 3.01. The van der Waals surface area contributed by atoms with E-state index >= 15 is 0 Å². The zero-order chi connectivity index (χ0) is 15.7. The molecule has 1 amide bonds. The lowest BCUT2D eigenvalue weighted by molar-refractivity contribution is -0.163. The first-order valence-corrected chi connectivity index (χ1v) is 7.45. The summed E-state index contributed by atoms with van der Waals surface area (Å²) in [4.78, 5) is 11.9. The SMILES string of the molecule is CC1(C)OC2C(O)C[C@@H](NC(=O)OCc3ccccc3)C2O1. The Hall–Kier alpha value is -1.63. The second-order valence-corrected chi connectivity index (χ2v) is 6.18. The largest absolute Gasteiger partial charge is 0.445 e. The van der Waals surface area contributed by atoms with Gasteiger partial charge in [-0.3, -0.25) is 0 Å². The number of hydrogen-bond acceptors (Lipinski definition) is 5. The van der Waals surface area contributed by atoms with Crippen LogP contribution >= 0.6 is 0 Å². The van der Waals surface area contributed by atoms with E-state index in [1.54, 1.807) is 13.8 Å². The molecule has 120 valence electrons. The molecular weight excluding hydrogens is 286 g/mol. The van der Waals surface area contributed by atoms with E-state index in [1.165, 1.54) is 0 Å². The molecule has 1 saturated carbocycles. The number of amides is 1. The first-order chi connectivity index (χ1) is 10.4. The normalized spacial score (nSPS) is 32.5. The smallest absolute Gasteiger partial charge is 0.407 e. The van der Waals surface area contributed by atoms with Crippen LogP contribution < -0.4 is 5.32 Å². The molecule has 1 aliphatic heterocycles. The molecule has 0 radical (unpaired) electrons. The monoisotopic (exact) mass is 307 g/mol. The molecule has 6 heteroatoms. The summed E-state index contributed by atoms with van der Waals surface area (Å²) < 4.78 is 16.6. The molecule has 1 saturated heterocycles. The van der Waals surface area contributed by atoms with Crippen LogP contribution in [0.25, 0.3) is 0 Å². The van der Waals surface area contributed by atoms with E-state index < -0.39 is 24.1 Å². The molecule has 1 aliphatic carbocycles. The van der Waals surface area contributed by atoms with Gasteiger partial charge in [0, 0.05) is 0 Å². The third-order valence-electron chi connectivity index (χ3n) is 3.95. The second kappa shape index (κ2) is 5.87. The average molecular weight is 307 g/mol. The predicted molar refractivity (Wildman–Crippen MR) is 78.0 cm³/mol. The minimum Gasteiger partial charge on any atom is -0.445 e. The zero-order valence-electron chi connectivity index (χ0n) is 12.7. The molecule has 6 nitrogen and oxygen atoms in total. The summed E-state index contributed by atoms with van der Waals surface area (Å²) in [6.07, 6.45) is -1.53. The van der Waals surface area contributed by atoms with Gasteiger partial charge < -0.3 is 24.6 Å². The number of aliphatic hydroxyl groups is 1. The van der Waals surface area contributed by atoms with E-state index in [0.29, 0.717) is 6.42 Å². The van der Waals surface area contributed by atoms with Gasteiger partial charge >= 0.3 is 6.09 Å². The van der Waals surface area contributed by atoms with Gasteiger partial charge in [0.2, 0.25) is 0 Å². The average Bonchev–Trinajstić information content (AvgIpc) is 2.93. The molecule has 3 unspecified atom stereocenters. The number of benzene rings is 1. The van der Waals surface area contributed by atoms with E-state index in [9.17, 15) is 9.90 Å². The highest BCUT2D eigenvalue weighted by atomic mass is 16.8. The fraction of sp³-hybridized carbons (Fsp3) is 0.562. The summed E-state index contributed by atoms with van der Waals surface area (Å²) in [5.74, 6) is -0.745. The van der Waals surface area contributed by atoms with Crippen LogP contribution in [0.4, 0.5) is 4.79 Å². The van der Waals surface area contributed by atoms with Gasteiger partial charge in [-0.15, -0.1) is 0 Å². The Balaban J connectivity index is 1.53. The van der Waals surface area contributed by atoms with E-state index in [4.69, 9.17) is 14.2 Å². The van der Waals surface area contributed by atoms with Gasteiger partial charge in [0.15, 0.2) is 5.79 Å². The molecule has 3 rings (SSSR count). The lowest BCUT2D eigenvalue weighted by Crippen LogP contribution is -2.43. The maximum Gasteiger partial charge on any atom is 0.407 e. The van der Waals surface area contributed by atoms with Crippen molar-refractivity contribution in [2.75, 3.05) is 0 Å². The number of carbonyl (C=O) groups excluding carboxylic acids is 1. The summed E-state index contributed by atoms with van der Waals surface area (Å²) in [6.45, 7) is 3.80. The van der Waals surface area contributed by atoms with E-state index in [1.807, 2.05) is 30.3 Å². The number of ether oxygens (including phenoxy) is 3. The van der Waals surface area contributed by atoms with Crippen molar-refractivity contribution in [3.63, 3.8) is 0 Å². The number of rotatable bonds is 3. The van der Waals surface area contributed by atoms with Gasteiger partial charge in [-0.25, -0.2) is 4.79 Å². The third kappa shape index (κ3) is 3.24.